The molecule has 4 N–H and O–H groups in total. The van der Waals surface area contributed by atoms with Crippen molar-refractivity contribution in [3.8, 4) is 0 Å². The first-order chi connectivity index (χ1) is 19.9. The van der Waals surface area contributed by atoms with E-state index in [1.165, 1.54) is 63.9 Å². The highest BCUT2D eigenvalue weighted by Crippen LogP contribution is 2.67. The van der Waals surface area contributed by atoms with E-state index < -0.39 is 37.3 Å². The Morgan fingerprint density at radius 3 is 2.52 bits per heavy atom. The minimum atomic E-state index is -1.30. The monoisotopic (exact) mass is 589 g/mol. The van der Waals surface area contributed by atoms with E-state index in [0.29, 0.717) is 5.41 Å². The summed E-state index contributed by atoms with van der Waals surface area (Å²) in [6.07, 6.45) is 11.5. The standard InChI is InChI=1S/C35H59NO6/c1-20(2)8-7-9-21(3)26-12-13-27-25-11-10-23-18-24(14-16-34(23,5)28(25)15-17-35(26,27)6)41-33-30(36-22(4)38)32(40)31(39)29(19-37)42-33/h10,20-21,24-33,37,39-40H,7-9,11-19H2,1-6H3,(H,36,38)/t21-,24+,25+,26-,27+,28+,29-,30-,31-,32-,33-,34+,35-/m1/s1. The highest BCUT2D eigenvalue weighted by Gasteiger charge is 2.59. The highest BCUT2D eigenvalue weighted by atomic mass is 16.7. The molecule has 0 aromatic rings. The predicted molar refractivity (Wildman–Crippen MR) is 163 cm³/mol. The SMILES string of the molecule is CC(=O)N[C@H]1[C@H](O[C@H]2CC[C@@]3(C)C(=CC[C@H]4[C@@H]5CC[C@H]([C@H](C)CCCC(C)C)[C@@]5(C)CC[C@@H]43)C2)O[C@H](CO)[C@@H](O)[C@@H]1O. The molecule has 0 unspecified atom stereocenters. The van der Waals surface area contributed by atoms with Crippen LogP contribution in [-0.4, -0.2) is 64.6 Å². The topological polar surface area (TPSA) is 108 Å². The van der Waals surface area contributed by atoms with Gasteiger partial charge in [0.1, 0.15) is 24.4 Å². The van der Waals surface area contributed by atoms with Crippen molar-refractivity contribution in [3.05, 3.63) is 11.6 Å². The Hall–Kier alpha value is -0.990. The summed E-state index contributed by atoms with van der Waals surface area (Å²) in [5, 5.41) is 33.5. The van der Waals surface area contributed by atoms with Crippen LogP contribution in [-0.2, 0) is 14.3 Å². The summed E-state index contributed by atoms with van der Waals surface area (Å²) in [4.78, 5) is 11.9. The third-order valence-electron chi connectivity index (χ3n) is 12.8. The number of hydrogen-bond donors (Lipinski definition) is 4. The number of hydrogen-bond acceptors (Lipinski definition) is 6. The van der Waals surface area contributed by atoms with Gasteiger partial charge in [0.05, 0.1) is 12.7 Å². The molecule has 0 spiro atoms. The van der Waals surface area contributed by atoms with Gasteiger partial charge in [-0.1, -0.05) is 65.5 Å². The average Bonchev–Trinajstić information content (AvgIpc) is 3.29. The van der Waals surface area contributed by atoms with Gasteiger partial charge in [-0.15, -0.1) is 0 Å². The number of fused-ring (bicyclic) bond motifs is 5. The minimum absolute atomic E-state index is 0.0969. The molecule has 3 saturated carbocycles. The van der Waals surface area contributed by atoms with E-state index in [2.05, 4.69) is 46.0 Å². The summed E-state index contributed by atoms with van der Waals surface area (Å²) in [6.45, 7) is 13.3. The molecule has 4 fully saturated rings. The van der Waals surface area contributed by atoms with Gasteiger partial charge in [0.2, 0.25) is 5.91 Å². The number of aliphatic hydroxyl groups is 3. The van der Waals surface area contributed by atoms with Gasteiger partial charge in [-0.25, -0.2) is 0 Å². The third kappa shape index (κ3) is 5.99. The van der Waals surface area contributed by atoms with Gasteiger partial charge < -0.3 is 30.1 Å². The van der Waals surface area contributed by atoms with Crippen LogP contribution in [0.2, 0.25) is 0 Å². The van der Waals surface area contributed by atoms with E-state index in [-0.39, 0.29) is 17.4 Å². The predicted octanol–water partition coefficient (Wildman–Crippen LogP) is 5.36. The lowest BCUT2D eigenvalue weighted by atomic mass is 9.47. The molecule has 5 aliphatic rings. The van der Waals surface area contributed by atoms with Crippen LogP contribution in [0.4, 0.5) is 0 Å². The Kier molecular flexibility index (Phi) is 9.86. The molecular formula is C35H59NO6. The summed E-state index contributed by atoms with van der Waals surface area (Å²) in [5.41, 5.74) is 2.18. The van der Waals surface area contributed by atoms with E-state index >= 15 is 0 Å². The van der Waals surface area contributed by atoms with E-state index in [9.17, 15) is 20.1 Å². The van der Waals surface area contributed by atoms with Crippen LogP contribution in [0.1, 0.15) is 112 Å². The van der Waals surface area contributed by atoms with E-state index in [0.717, 1.165) is 54.8 Å². The number of amides is 1. The zero-order chi connectivity index (χ0) is 30.4. The first kappa shape index (κ1) is 32.4. The molecule has 0 bridgehead atoms. The average molecular weight is 590 g/mol. The second-order valence-electron chi connectivity index (χ2n) is 15.7. The fraction of sp³-hybridized carbons (Fsp3) is 0.914. The summed E-state index contributed by atoms with van der Waals surface area (Å²) in [6, 6.07) is -0.891. The van der Waals surface area contributed by atoms with Gasteiger partial charge in [0.15, 0.2) is 6.29 Å². The van der Waals surface area contributed by atoms with Gasteiger partial charge in [-0.2, -0.15) is 0 Å². The van der Waals surface area contributed by atoms with E-state index in [1.54, 1.807) is 0 Å². The minimum Gasteiger partial charge on any atom is -0.394 e. The number of carbonyl (C=O) groups is 1. The first-order valence-corrected chi connectivity index (χ1v) is 17.1. The zero-order valence-electron chi connectivity index (χ0n) is 27.1. The van der Waals surface area contributed by atoms with Crippen LogP contribution in [0.25, 0.3) is 0 Å². The Labute approximate surface area is 254 Å². The van der Waals surface area contributed by atoms with Gasteiger partial charge in [0.25, 0.3) is 0 Å². The van der Waals surface area contributed by atoms with Crippen LogP contribution in [0.3, 0.4) is 0 Å². The van der Waals surface area contributed by atoms with Gasteiger partial charge in [0, 0.05) is 6.92 Å². The van der Waals surface area contributed by atoms with Crippen molar-refractivity contribution in [3.63, 3.8) is 0 Å². The number of allylic oxidation sites excluding steroid dienone is 1. The molecule has 4 aliphatic carbocycles. The van der Waals surface area contributed by atoms with Crippen molar-refractivity contribution < 1.29 is 29.6 Å². The molecule has 13 atom stereocenters. The van der Waals surface area contributed by atoms with Crippen molar-refractivity contribution in [1.82, 2.24) is 5.32 Å². The number of aliphatic hydroxyl groups excluding tert-OH is 3. The molecule has 0 aromatic carbocycles. The lowest BCUT2D eigenvalue weighted by molar-refractivity contribution is -0.284. The lowest BCUT2D eigenvalue weighted by Crippen LogP contribution is -2.65. The van der Waals surface area contributed by atoms with Crippen LogP contribution in [0, 0.1) is 46.3 Å². The molecule has 0 radical (unpaired) electrons. The third-order valence-corrected chi connectivity index (χ3v) is 12.8. The van der Waals surface area contributed by atoms with Crippen LogP contribution >= 0.6 is 0 Å². The Bertz CT molecular complexity index is 985. The molecule has 5 rings (SSSR count). The second-order valence-corrected chi connectivity index (χ2v) is 15.7. The van der Waals surface area contributed by atoms with Crippen molar-refractivity contribution in [1.29, 1.82) is 0 Å². The maximum absolute atomic E-state index is 11.9. The summed E-state index contributed by atoms with van der Waals surface area (Å²) >= 11 is 0. The van der Waals surface area contributed by atoms with Crippen molar-refractivity contribution >= 4 is 5.91 Å². The summed E-state index contributed by atoms with van der Waals surface area (Å²) < 4.78 is 12.3. The van der Waals surface area contributed by atoms with Gasteiger partial charge in [-0.3, -0.25) is 4.79 Å². The van der Waals surface area contributed by atoms with Crippen LogP contribution in [0.5, 0.6) is 0 Å². The number of ether oxygens (including phenoxy) is 2. The normalized spacial score (nSPS) is 45.9. The molecule has 1 heterocycles. The first-order valence-electron chi connectivity index (χ1n) is 17.1. The number of carbonyl (C=O) groups excluding carboxylic acids is 1. The van der Waals surface area contributed by atoms with Gasteiger partial charge >= 0.3 is 0 Å². The molecule has 240 valence electrons. The van der Waals surface area contributed by atoms with Crippen molar-refractivity contribution in [2.24, 2.45) is 46.3 Å². The fourth-order valence-electron chi connectivity index (χ4n) is 10.5. The number of nitrogens with one attached hydrogen (secondary N) is 1. The fourth-order valence-corrected chi connectivity index (χ4v) is 10.5. The maximum atomic E-state index is 11.9. The van der Waals surface area contributed by atoms with E-state index in [4.69, 9.17) is 9.47 Å². The summed E-state index contributed by atoms with van der Waals surface area (Å²) in [7, 11) is 0. The quantitative estimate of drug-likeness (QED) is 0.270. The van der Waals surface area contributed by atoms with Crippen LogP contribution < -0.4 is 5.32 Å². The molecule has 0 aromatic heterocycles. The number of rotatable bonds is 9. The molecule has 7 nitrogen and oxygen atoms in total. The molecular weight excluding hydrogens is 530 g/mol. The maximum Gasteiger partial charge on any atom is 0.217 e. The second kappa shape index (κ2) is 12.8. The molecule has 1 saturated heterocycles. The van der Waals surface area contributed by atoms with E-state index in [1.807, 2.05) is 0 Å². The smallest absolute Gasteiger partial charge is 0.217 e. The van der Waals surface area contributed by atoms with Crippen molar-refractivity contribution in [2.45, 2.75) is 149 Å². The van der Waals surface area contributed by atoms with Crippen molar-refractivity contribution in [2.75, 3.05) is 6.61 Å². The largest absolute Gasteiger partial charge is 0.394 e. The molecule has 42 heavy (non-hydrogen) atoms. The molecule has 1 amide bonds. The Balaban J connectivity index is 1.26. The zero-order valence-corrected chi connectivity index (χ0v) is 27.1. The molecule has 1 aliphatic heterocycles. The Morgan fingerprint density at radius 2 is 1.83 bits per heavy atom. The van der Waals surface area contributed by atoms with Gasteiger partial charge in [-0.05, 0) is 97.7 Å². The lowest BCUT2D eigenvalue weighted by Gasteiger charge is -2.58. The van der Waals surface area contributed by atoms with Crippen LogP contribution in [0.15, 0.2) is 11.6 Å². The summed E-state index contributed by atoms with van der Waals surface area (Å²) in [5.74, 6) is 4.48. The Morgan fingerprint density at radius 1 is 1.07 bits per heavy atom. The highest BCUT2D eigenvalue weighted by molar-refractivity contribution is 5.73. The molecule has 7 heteroatoms.